The zero-order chi connectivity index (χ0) is 23.5. The van der Waals surface area contributed by atoms with E-state index in [0.29, 0.717) is 5.75 Å². The van der Waals surface area contributed by atoms with Gasteiger partial charge in [0.1, 0.15) is 11.6 Å². The highest BCUT2D eigenvalue weighted by Crippen LogP contribution is 2.30. The molecule has 0 atom stereocenters. The number of phenolic OH excluding ortho intramolecular Hbond substituents is 1. The van der Waals surface area contributed by atoms with Crippen molar-refractivity contribution < 1.29 is 5.11 Å². The summed E-state index contributed by atoms with van der Waals surface area (Å²) in [6, 6.07) is 21.0. The van der Waals surface area contributed by atoms with E-state index in [2.05, 4.69) is 52.3 Å². The summed E-state index contributed by atoms with van der Waals surface area (Å²) in [5.41, 5.74) is 7.16. The SMILES string of the molecule is Cc1cc(-c2ccc3ncc(N4CCCN(CCc5ccccc5)CC4)nc3c2)cc(C)c1O. The van der Waals surface area contributed by atoms with Gasteiger partial charge in [-0.15, -0.1) is 0 Å². The Labute approximate surface area is 201 Å². The number of aromatic hydroxyl groups is 1. The summed E-state index contributed by atoms with van der Waals surface area (Å²) in [4.78, 5) is 14.6. The molecular formula is C29H32N4O. The maximum atomic E-state index is 10.1. The maximum absolute atomic E-state index is 10.1. The molecule has 34 heavy (non-hydrogen) atoms. The van der Waals surface area contributed by atoms with E-state index >= 15 is 0 Å². The fourth-order valence-corrected chi connectivity index (χ4v) is 4.81. The van der Waals surface area contributed by atoms with Gasteiger partial charge in [0.15, 0.2) is 0 Å². The third-order valence-electron chi connectivity index (χ3n) is 6.83. The van der Waals surface area contributed by atoms with Crippen molar-refractivity contribution in [1.82, 2.24) is 14.9 Å². The van der Waals surface area contributed by atoms with Crippen LogP contribution in [0, 0.1) is 13.8 Å². The molecular weight excluding hydrogens is 420 g/mol. The normalized spacial score (nSPS) is 14.9. The number of fused-ring (bicyclic) bond motifs is 1. The molecule has 1 aromatic heterocycles. The lowest BCUT2D eigenvalue weighted by molar-refractivity contribution is 0.297. The number of aromatic nitrogens is 2. The first kappa shape index (κ1) is 22.4. The highest BCUT2D eigenvalue weighted by atomic mass is 16.3. The molecule has 0 amide bonds. The van der Waals surface area contributed by atoms with Crippen LogP contribution in [0.2, 0.25) is 0 Å². The van der Waals surface area contributed by atoms with Crippen molar-refractivity contribution in [3.8, 4) is 16.9 Å². The van der Waals surface area contributed by atoms with Crippen LogP contribution in [0.15, 0.2) is 66.9 Å². The van der Waals surface area contributed by atoms with Crippen molar-refractivity contribution in [1.29, 1.82) is 0 Å². The summed E-state index contributed by atoms with van der Waals surface area (Å²) in [5, 5.41) is 10.1. The Morgan fingerprint density at radius 2 is 1.62 bits per heavy atom. The second-order valence-electron chi connectivity index (χ2n) is 9.31. The first-order valence-corrected chi connectivity index (χ1v) is 12.2. The Morgan fingerprint density at radius 3 is 2.41 bits per heavy atom. The van der Waals surface area contributed by atoms with Gasteiger partial charge in [0.2, 0.25) is 0 Å². The minimum Gasteiger partial charge on any atom is -0.507 e. The summed E-state index contributed by atoms with van der Waals surface area (Å²) in [6.45, 7) is 9.09. The lowest BCUT2D eigenvalue weighted by Crippen LogP contribution is -2.32. The molecule has 0 aliphatic carbocycles. The average Bonchev–Trinajstić information content (AvgIpc) is 3.11. The quantitative estimate of drug-likeness (QED) is 0.441. The van der Waals surface area contributed by atoms with Crippen molar-refractivity contribution in [2.24, 2.45) is 0 Å². The van der Waals surface area contributed by atoms with Crippen molar-refractivity contribution >= 4 is 16.9 Å². The van der Waals surface area contributed by atoms with Crippen LogP contribution in [0.1, 0.15) is 23.1 Å². The molecule has 1 fully saturated rings. The Kier molecular flexibility index (Phi) is 6.45. The van der Waals surface area contributed by atoms with Gasteiger partial charge in [-0.05, 0) is 85.3 Å². The molecule has 0 unspecified atom stereocenters. The molecule has 1 aliphatic rings. The molecule has 2 heterocycles. The number of anilines is 1. The summed E-state index contributed by atoms with van der Waals surface area (Å²) in [5.74, 6) is 1.32. The van der Waals surface area contributed by atoms with Crippen molar-refractivity contribution in [2.75, 3.05) is 37.6 Å². The van der Waals surface area contributed by atoms with Crippen LogP contribution in [-0.4, -0.2) is 52.7 Å². The summed E-state index contributed by atoms with van der Waals surface area (Å²) >= 11 is 0. The number of benzene rings is 3. The van der Waals surface area contributed by atoms with E-state index in [1.807, 2.05) is 38.2 Å². The number of nitrogens with zero attached hydrogens (tertiary/aromatic N) is 4. The van der Waals surface area contributed by atoms with Gasteiger partial charge in [0, 0.05) is 26.2 Å². The molecule has 0 radical (unpaired) electrons. The van der Waals surface area contributed by atoms with Gasteiger partial charge in [-0.3, -0.25) is 4.98 Å². The van der Waals surface area contributed by atoms with E-state index in [0.717, 1.165) is 84.7 Å². The second-order valence-corrected chi connectivity index (χ2v) is 9.31. The van der Waals surface area contributed by atoms with Gasteiger partial charge in [0.05, 0.1) is 17.2 Å². The molecule has 174 valence electrons. The third-order valence-corrected chi connectivity index (χ3v) is 6.83. The van der Waals surface area contributed by atoms with Gasteiger partial charge >= 0.3 is 0 Å². The predicted molar refractivity (Wildman–Crippen MR) is 140 cm³/mol. The molecule has 3 aromatic carbocycles. The van der Waals surface area contributed by atoms with Crippen LogP contribution in [-0.2, 0) is 6.42 Å². The average molecular weight is 453 g/mol. The van der Waals surface area contributed by atoms with Crippen LogP contribution >= 0.6 is 0 Å². The fraction of sp³-hybridized carbons (Fsp3) is 0.310. The molecule has 0 saturated carbocycles. The van der Waals surface area contributed by atoms with Gasteiger partial charge < -0.3 is 14.9 Å². The zero-order valence-electron chi connectivity index (χ0n) is 20.0. The van der Waals surface area contributed by atoms with E-state index in [4.69, 9.17) is 9.97 Å². The van der Waals surface area contributed by atoms with Crippen molar-refractivity contribution in [3.05, 3.63) is 83.6 Å². The molecule has 5 nitrogen and oxygen atoms in total. The van der Waals surface area contributed by atoms with Gasteiger partial charge in [-0.2, -0.15) is 0 Å². The first-order valence-electron chi connectivity index (χ1n) is 12.2. The van der Waals surface area contributed by atoms with Crippen LogP contribution < -0.4 is 4.90 Å². The summed E-state index contributed by atoms with van der Waals surface area (Å²) in [7, 11) is 0. The Hall–Kier alpha value is -3.44. The molecule has 5 heteroatoms. The van der Waals surface area contributed by atoms with E-state index in [1.165, 1.54) is 5.56 Å². The van der Waals surface area contributed by atoms with Crippen molar-refractivity contribution in [2.45, 2.75) is 26.7 Å². The minimum atomic E-state index is 0.366. The highest BCUT2D eigenvalue weighted by Gasteiger charge is 2.17. The highest BCUT2D eigenvalue weighted by molar-refractivity contribution is 5.82. The molecule has 1 saturated heterocycles. The maximum Gasteiger partial charge on any atom is 0.147 e. The molecule has 0 bridgehead atoms. The predicted octanol–water partition coefficient (Wildman–Crippen LogP) is 5.37. The van der Waals surface area contributed by atoms with E-state index < -0.39 is 0 Å². The smallest absolute Gasteiger partial charge is 0.147 e. The molecule has 0 spiro atoms. The number of phenols is 1. The van der Waals surface area contributed by atoms with E-state index in [9.17, 15) is 5.11 Å². The number of hydrogen-bond donors (Lipinski definition) is 1. The second kappa shape index (κ2) is 9.82. The monoisotopic (exact) mass is 452 g/mol. The summed E-state index contributed by atoms with van der Waals surface area (Å²) < 4.78 is 0. The van der Waals surface area contributed by atoms with Crippen LogP contribution in [0.5, 0.6) is 5.75 Å². The number of aryl methyl sites for hydroxylation is 2. The zero-order valence-corrected chi connectivity index (χ0v) is 20.0. The Morgan fingerprint density at radius 1 is 0.824 bits per heavy atom. The first-order chi connectivity index (χ1) is 16.6. The van der Waals surface area contributed by atoms with E-state index in [1.54, 1.807) is 0 Å². The Balaban J connectivity index is 1.31. The fourth-order valence-electron chi connectivity index (χ4n) is 4.81. The standard InChI is InChI=1S/C29H32N4O/c1-21-17-25(18-22(2)29(21)34)24-9-10-26-27(19-24)31-28(20-30-26)33-13-6-12-32(15-16-33)14-11-23-7-4-3-5-8-23/h3-5,7-10,17-20,34H,6,11-16H2,1-2H3. The van der Waals surface area contributed by atoms with Crippen LogP contribution in [0.3, 0.4) is 0 Å². The largest absolute Gasteiger partial charge is 0.507 e. The molecule has 1 N–H and O–H groups in total. The molecule has 5 rings (SSSR count). The van der Waals surface area contributed by atoms with Gasteiger partial charge in [-0.25, -0.2) is 4.98 Å². The third kappa shape index (κ3) is 4.90. The van der Waals surface area contributed by atoms with Gasteiger partial charge in [-0.1, -0.05) is 36.4 Å². The number of rotatable bonds is 5. The lowest BCUT2D eigenvalue weighted by Gasteiger charge is -2.22. The molecule has 4 aromatic rings. The lowest BCUT2D eigenvalue weighted by atomic mass is 9.99. The topological polar surface area (TPSA) is 52.5 Å². The summed E-state index contributed by atoms with van der Waals surface area (Å²) in [6.07, 6.45) is 4.13. The number of hydrogen-bond acceptors (Lipinski definition) is 5. The van der Waals surface area contributed by atoms with Crippen LogP contribution in [0.25, 0.3) is 22.2 Å². The van der Waals surface area contributed by atoms with E-state index in [-0.39, 0.29) is 0 Å². The van der Waals surface area contributed by atoms with Gasteiger partial charge in [0.25, 0.3) is 0 Å². The van der Waals surface area contributed by atoms with Crippen molar-refractivity contribution in [3.63, 3.8) is 0 Å². The molecule has 1 aliphatic heterocycles. The minimum absolute atomic E-state index is 0.366. The Bertz CT molecular complexity index is 1270. The van der Waals surface area contributed by atoms with Crippen LogP contribution in [0.4, 0.5) is 5.82 Å².